The molecule has 5 rings (SSSR count). The van der Waals surface area contributed by atoms with E-state index in [0.717, 1.165) is 28.6 Å². The predicted octanol–water partition coefficient (Wildman–Crippen LogP) is 6.34. The second-order valence-electron chi connectivity index (χ2n) is 13.0. The molecule has 1 aromatic carbocycles. The molecule has 2 aliphatic rings. The molecular formula is C35H37F7N4O5S. The Morgan fingerprint density at radius 2 is 1.83 bits per heavy atom. The van der Waals surface area contributed by atoms with Gasteiger partial charge in [0.15, 0.2) is 0 Å². The smallest absolute Gasteiger partial charge is 0.425 e. The van der Waals surface area contributed by atoms with Crippen LogP contribution in [-0.2, 0) is 34.9 Å². The number of fused-ring (bicyclic) bond motifs is 1. The number of halogens is 7. The Morgan fingerprint density at radius 1 is 1.10 bits per heavy atom. The number of likely N-dealkylation sites (N-methyl/N-ethyl adjacent to an activating group) is 1. The number of aromatic nitrogens is 1. The highest BCUT2D eigenvalue weighted by Crippen LogP contribution is 2.43. The van der Waals surface area contributed by atoms with Gasteiger partial charge in [-0.25, -0.2) is 4.39 Å². The highest BCUT2D eigenvalue weighted by Gasteiger charge is 2.57. The number of pyridine rings is 1. The third-order valence-electron chi connectivity index (χ3n) is 9.40. The second kappa shape index (κ2) is 15.0. The Bertz CT molecular complexity index is 1800. The zero-order valence-corrected chi connectivity index (χ0v) is 29.2. The number of thiophene rings is 1. The summed E-state index contributed by atoms with van der Waals surface area (Å²) in [5.74, 6) is -3.45. The van der Waals surface area contributed by atoms with Crippen molar-refractivity contribution in [3.05, 3.63) is 81.1 Å². The molecule has 2 aromatic heterocycles. The van der Waals surface area contributed by atoms with Crippen molar-refractivity contribution >= 4 is 29.1 Å². The van der Waals surface area contributed by atoms with Crippen LogP contribution in [0.3, 0.4) is 0 Å². The van der Waals surface area contributed by atoms with E-state index < -0.39 is 75.8 Å². The van der Waals surface area contributed by atoms with Gasteiger partial charge in [-0.2, -0.15) is 26.3 Å². The lowest BCUT2D eigenvalue weighted by Crippen LogP contribution is -2.69. The molecule has 0 unspecified atom stereocenters. The van der Waals surface area contributed by atoms with Gasteiger partial charge in [0, 0.05) is 50.7 Å². The van der Waals surface area contributed by atoms with Gasteiger partial charge in [0.1, 0.15) is 28.2 Å². The molecule has 4 atom stereocenters. The van der Waals surface area contributed by atoms with Crippen LogP contribution in [0.1, 0.15) is 71.6 Å². The van der Waals surface area contributed by atoms with Crippen LogP contribution < -0.4 is 4.74 Å². The van der Waals surface area contributed by atoms with Gasteiger partial charge in [-0.05, 0) is 61.6 Å². The van der Waals surface area contributed by atoms with E-state index in [4.69, 9.17) is 4.74 Å². The van der Waals surface area contributed by atoms with Gasteiger partial charge in [0.25, 0.3) is 17.7 Å². The highest BCUT2D eigenvalue weighted by atomic mass is 32.1. The standard InChI is InChI=1S/C35H37F7N4O5S/c1-4-7-27-33(51-25-16-28(52-19-25)35(40,41)42,11-6-13-45(27)31(49)29-26(34(37,38)39)8-5-12-43-29)32(50)46-17-21-9-10-23(36)14-22(21)15-24(46)18-44(3)30(48)20(2)47/h5,8-10,12,14,16,19-20,24,27,47H,4,6-7,11,13,15,17-18H2,1-3H3/t20-,24+,27-,33+/m1/s1. The van der Waals surface area contributed by atoms with Crippen LogP contribution in [0.2, 0.25) is 0 Å². The fourth-order valence-corrected chi connectivity index (χ4v) is 7.74. The second-order valence-corrected chi connectivity index (χ2v) is 13.9. The first-order valence-electron chi connectivity index (χ1n) is 16.6. The number of ether oxygens (including phenoxy) is 1. The summed E-state index contributed by atoms with van der Waals surface area (Å²) in [4.78, 5) is 48.5. The van der Waals surface area contributed by atoms with Gasteiger partial charge >= 0.3 is 12.4 Å². The van der Waals surface area contributed by atoms with E-state index in [1.165, 1.54) is 42.0 Å². The van der Waals surface area contributed by atoms with Crippen molar-refractivity contribution in [3.63, 3.8) is 0 Å². The van der Waals surface area contributed by atoms with Crippen LogP contribution in [-0.4, -0.2) is 86.4 Å². The number of amides is 3. The number of alkyl halides is 6. The first kappa shape index (κ1) is 39.0. The summed E-state index contributed by atoms with van der Waals surface area (Å²) in [5.41, 5.74) is -3.24. The maximum absolute atomic E-state index is 15.3. The van der Waals surface area contributed by atoms with Crippen LogP contribution in [0.15, 0.2) is 48.0 Å². The topological polar surface area (TPSA) is 103 Å². The van der Waals surface area contributed by atoms with Gasteiger partial charge in [0.2, 0.25) is 5.60 Å². The number of piperidine rings is 1. The highest BCUT2D eigenvalue weighted by molar-refractivity contribution is 7.10. The number of likely N-dealkylation sites (tertiary alicyclic amines) is 1. The van der Waals surface area contributed by atoms with Gasteiger partial charge in [-0.3, -0.25) is 19.4 Å². The van der Waals surface area contributed by atoms with Crippen LogP contribution in [0.5, 0.6) is 5.75 Å². The number of rotatable bonds is 9. The van der Waals surface area contributed by atoms with Crippen LogP contribution in [0.4, 0.5) is 30.7 Å². The molecule has 52 heavy (non-hydrogen) atoms. The number of aliphatic hydroxyl groups is 1. The minimum Gasteiger partial charge on any atom is -0.474 e. The Hall–Kier alpha value is -4.25. The minimum absolute atomic E-state index is 0.00263. The molecule has 3 aromatic rings. The number of benzene rings is 1. The molecule has 4 heterocycles. The molecule has 3 amide bonds. The predicted molar refractivity (Wildman–Crippen MR) is 175 cm³/mol. The van der Waals surface area contributed by atoms with Gasteiger partial charge < -0.3 is 24.5 Å². The van der Waals surface area contributed by atoms with Crippen LogP contribution in [0.25, 0.3) is 0 Å². The molecule has 17 heteroatoms. The lowest BCUT2D eigenvalue weighted by Gasteiger charge is -2.51. The number of hydrogen-bond acceptors (Lipinski definition) is 7. The lowest BCUT2D eigenvalue weighted by atomic mass is 9.78. The van der Waals surface area contributed by atoms with Crippen molar-refractivity contribution in [1.29, 1.82) is 0 Å². The maximum Gasteiger partial charge on any atom is 0.425 e. The van der Waals surface area contributed by atoms with E-state index >= 15 is 4.79 Å². The van der Waals surface area contributed by atoms with E-state index in [-0.39, 0.29) is 57.5 Å². The van der Waals surface area contributed by atoms with E-state index in [9.17, 15) is 45.4 Å². The first-order chi connectivity index (χ1) is 24.4. The zero-order chi connectivity index (χ0) is 38.2. The number of nitrogens with zero attached hydrogens (tertiary/aromatic N) is 4. The molecule has 1 saturated heterocycles. The monoisotopic (exact) mass is 758 g/mol. The zero-order valence-electron chi connectivity index (χ0n) is 28.4. The third kappa shape index (κ3) is 7.89. The Balaban J connectivity index is 1.65. The van der Waals surface area contributed by atoms with Crippen molar-refractivity contribution in [2.45, 2.75) is 88.6 Å². The van der Waals surface area contributed by atoms with E-state index in [0.29, 0.717) is 28.5 Å². The van der Waals surface area contributed by atoms with E-state index in [1.807, 2.05) is 0 Å². The average Bonchev–Trinajstić information content (AvgIpc) is 3.56. The average molecular weight is 759 g/mol. The summed E-state index contributed by atoms with van der Waals surface area (Å²) < 4.78 is 104. The fraction of sp³-hybridized carbons (Fsp3) is 0.486. The normalized spacial score (nSPS) is 21.4. The summed E-state index contributed by atoms with van der Waals surface area (Å²) in [5, 5.41) is 11.0. The molecule has 2 aliphatic heterocycles. The molecular weight excluding hydrogens is 721 g/mol. The Morgan fingerprint density at radius 3 is 2.46 bits per heavy atom. The summed E-state index contributed by atoms with van der Waals surface area (Å²) in [6.07, 6.45) is -9.84. The SMILES string of the molecule is CCC[C@H]1N(C(=O)c2ncccc2C(F)(F)F)CCC[C@@]1(Oc1csc(C(F)(F)F)c1)C(=O)N1Cc2ccc(F)cc2C[C@H]1CN(C)C(=O)[C@@H](C)O. The van der Waals surface area contributed by atoms with Gasteiger partial charge in [-0.15, -0.1) is 11.3 Å². The number of hydrogen-bond donors (Lipinski definition) is 1. The molecule has 0 saturated carbocycles. The molecule has 9 nitrogen and oxygen atoms in total. The van der Waals surface area contributed by atoms with Gasteiger partial charge in [0.05, 0.1) is 17.6 Å². The maximum atomic E-state index is 15.3. The number of aliphatic hydroxyl groups excluding tert-OH is 1. The van der Waals surface area contributed by atoms with Crippen molar-refractivity contribution in [1.82, 2.24) is 19.7 Å². The minimum atomic E-state index is -4.95. The fourth-order valence-electron chi connectivity index (χ4n) is 7.06. The molecule has 282 valence electrons. The quantitative estimate of drug-likeness (QED) is 0.256. The van der Waals surface area contributed by atoms with Crippen molar-refractivity contribution < 1.29 is 55.0 Å². The van der Waals surface area contributed by atoms with Crippen molar-refractivity contribution in [2.75, 3.05) is 20.1 Å². The first-order valence-corrected chi connectivity index (χ1v) is 17.4. The van der Waals surface area contributed by atoms with Crippen molar-refractivity contribution in [2.24, 2.45) is 0 Å². The van der Waals surface area contributed by atoms with Crippen LogP contribution in [0, 0.1) is 5.82 Å². The molecule has 0 bridgehead atoms. The molecule has 0 spiro atoms. The summed E-state index contributed by atoms with van der Waals surface area (Å²) in [7, 11) is 1.40. The number of carbonyl (C=O) groups is 3. The summed E-state index contributed by atoms with van der Waals surface area (Å²) in [6, 6.07) is 4.29. The Kier molecular flexibility index (Phi) is 11.2. The van der Waals surface area contributed by atoms with E-state index in [2.05, 4.69) is 4.98 Å². The largest absolute Gasteiger partial charge is 0.474 e. The van der Waals surface area contributed by atoms with E-state index in [1.54, 1.807) is 6.92 Å². The molecule has 1 N–H and O–H groups in total. The molecule has 0 aliphatic carbocycles. The lowest BCUT2D eigenvalue weighted by molar-refractivity contribution is -0.164. The third-order valence-corrected chi connectivity index (χ3v) is 10.4. The molecule has 1 fully saturated rings. The van der Waals surface area contributed by atoms with Gasteiger partial charge in [-0.1, -0.05) is 19.4 Å². The molecule has 0 radical (unpaired) electrons. The summed E-state index contributed by atoms with van der Waals surface area (Å²) in [6.45, 7) is 2.57. The number of carbonyl (C=O) groups excluding carboxylic acids is 3. The van der Waals surface area contributed by atoms with Crippen molar-refractivity contribution in [3.8, 4) is 5.75 Å². The van der Waals surface area contributed by atoms with Crippen LogP contribution >= 0.6 is 11.3 Å². The summed E-state index contributed by atoms with van der Waals surface area (Å²) >= 11 is 0.327. The Labute approximate surface area is 299 Å².